The Hall–Kier alpha value is -3.18. The van der Waals surface area contributed by atoms with Crippen LogP contribution in [0.25, 0.3) is 11.2 Å². The minimum Gasteiger partial charge on any atom is -0.468 e. The third kappa shape index (κ3) is 5.81. The monoisotopic (exact) mass is 592 g/mol. The van der Waals surface area contributed by atoms with E-state index in [1.54, 1.807) is 56.3 Å². The molecule has 0 saturated carbocycles. The summed E-state index contributed by atoms with van der Waals surface area (Å²) in [6.07, 6.45) is 2.35. The van der Waals surface area contributed by atoms with Crippen molar-refractivity contribution in [2.75, 3.05) is 32.7 Å². The average molecular weight is 593 g/mol. The molecular weight excluding hydrogens is 562 g/mol. The zero-order valence-corrected chi connectivity index (χ0v) is 24.2. The van der Waals surface area contributed by atoms with Gasteiger partial charge in [0.2, 0.25) is 5.67 Å². The van der Waals surface area contributed by atoms with E-state index in [4.69, 9.17) is 36.8 Å². The fourth-order valence-electron chi connectivity index (χ4n) is 4.15. The number of anilines is 1. The molecule has 0 aliphatic carbocycles. The van der Waals surface area contributed by atoms with E-state index in [-0.39, 0.29) is 5.65 Å². The van der Waals surface area contributed by atoms with Crippen molar-refractivity contribution >= 4 is 41.4 Å². The van der Waals surface area contributed by atoms with Crippen LogP contribution in [0.5, 0.6) is 5.75 Å². The van der Waals surface area contributed by atoms with E-state index in [0.29, 0.717) is 22.9 Å². The first-order valence-corrected chi connectivity index (χ1v) is 14.8. The number of ether oxygens (including phenoxy) is 2. The van der Waals surface area contributed by atoms with Crippen molar-refractivity contribution in [1.29, 1.82) is 0 Å². The Morgan fingerprint density at radius 2 is 2.10 bits per heavy atom. The molecule has 214 valence electrons. The number of imidazole rings is 1. The standard InChI is InChI=1S/C25H30FN6O6PS/c1-7-25(26)20(33)18(37-24(25)32-14-27-19-21(31(4)5)28-16(3)29-22(19)32)13-36-39(40,30-15(2)23(34)35-6)38-17-11-9-8-10-12-17/h1,8-12,14-15,18,20,24,33H,13H2,2-6H3,(H,30,40)/t15-,18-,20-,24-,25-,39+/m1/s1. The number of hydrogen-bond acceptors (Lipinski definition) is 11. The zero-order valence-electron chi connectivity index (χ0n) is 22.5. The van der Waals surface area contributed by atoms with E-state index in [0.717, 1.165) is 0 Å². The third-order valence-electron chi connectivity index (χ3n) is 6.14. The lowest BCUT2D eigenvalue weighted by molar-refractivity contribution is -0.142. The van der Waals surface area contributed by atoms with Gasteiger partial charge in [-0.1, -0.05) is 24.1 Å². The van der Waals surface area contributed by atoms with E-state index >= 15 is 4.39 Å². The number of aliphatic hydroxyl groups excluding tert-OH is 1. The summed E-state index contributed by atoms with van der Waals surface area (Å²) >= 11 is 5.65. The number of halogens is 1. The van der Waals surface area contributed by atoms with Crippen molar-refractivity contribution in [3.63, 3.8) is 0 Å². The van der Waals surface area contributed by atoms with E-state index in [2.05, 4.69) is 20.0 Å². The number of methoxy groups -OCH3 is 1. The molecule has 40 heavy (non-hydrogen) atoms. The number of para-hydroxylation sites is 1. The maximum atomic E-state index is 16.2. The van der Waals surface area contributed by atoms with Crippen LogP contribution < -0.4 is 14.5 Å². The highest BCUT2D eigenvalue weighted by molar-refractivity contribution is 8.09. The van der Waals surface area contributed by atoms with Gasteiger partial charge in [-0.05, 0) is 37.8 Å². The van der Waals surface area contributed by atoms with E-state index < -0.39 is 49.4 Å². The van der Waals surface area contributed by atoms with Gasteiger partial charge in [0.15, 0.2) is 23.2 Å². The van der Waals surface area contributed by atoms with Crippen molar-refractivity contribution in [2.24, 2.45) is 0 Å². The predicted octanol–water partition coefficient (Wildman–Crippen LogP) is 2.27. The van der Waals surface area contributed by atoms with Crippen molar-refractivity contribution in [3.8, 4) is 18.1 Å². The van der Waals surface area contributed by atoms with Gasteiger partial charge in [0.25, 0.3) is 0 Å². The van der Waals surface area contributed by atoms with Crippen LogP contribution in [0.15, 0.2) is 36.7 Å². The number of nitrogens with one attached hydrogen (secondary N) is 1. The van der Waals surface area contributed by atoms with Crippen molar-refractivity contribution in [3.05, 3.63) is 42.5 Å². The lowest BCUT2D eigenvalue weighted by Crippen LogP contribution is -2.42. The Balaban J connectivity index is 1.62. The molecule has 0 radical (unpaired) electrons. The molecule has 3 aromatic rings. The topological polar surface area (TPSA) is 133 Å². The molecule has 6 atom stereocenters. The van der Waals surface area contributed by atoms with Crippen molar-refractivity contribution in [2.45, 2.75) is 44.0 Å². The summed E-state index contributed by atoms with van der Waals surface area (Å²) in [5.74, 6) is 2.77. The number of aliphatic hydroxyl groups is 1. The van der Waals surface area contributed by atoms with Crippen molar-refractivity contribution in [1.82, 2.24) is 24.6 Å². The molecule has 2 N–H and O–H groups in total. The number of aromatic nitrogens is 4. The molecule has 0 amide bonds. The molecule has 0 spiro atoms. The number of benzene rings is 1. The second-order valence-corrected chi connectivity index (χ2v) is 12.4. The summed E-state index contributed by atoms with van der Waals surface area (Å²) in [4.78, 5) is 27.0. The fraction of sp³-hybridized carbons (Fsp3) is 0.440. The number of esters is 1. The molecule has 2 aromatic heterocycles. The van der Waals surface area contributed by atoms with Crippen LogP contribution in [0.2, 0.25) is 0 Å². The Kier molecular flexibility index (Phi) is 8.75. The van der Waals surface area contributed by atoms with Gasteiger partial charge in [-0.2, -0.15) is 0 Å². The summed E-state index contributed by atoms with van der Waals surface area (Å²) in [5.41, 5.74) is -1.99. The molecule has 15 heteroatoms. The molecule has 1 saturated heterocycles. The second-order valence-electron chi connectivity index (χ2n) is 9.27. The van der Waals surface area contributed by atoms with Gasteiger partial charge in [-0.15, -0.1) is 6.42 Å². The minimum absolute atomic E-state index is 0.276. The number of rotatable bonds is 10. The number of carbonyl (C=O) groups excluding carboxylic acids is 1. The van der Waals surface area contributed by atoms with Crippen LogP contribution >= 0.6 is 6.64 Å². The Bertz CT molecular complexity index is 1470. The number of terminal acetylenes is 1. The number of alkyl halides is 1. The first-order chi connectivity index (χ1) is 18.9. The molecular formula is C25H30FN6O6PS. The molecule has 12 nitrogen and oxygen atoms in total. The lowest BCUT2D eigenvalue weighted by Gasteiger charge is -2.27. The smallest absolute Gasteiger partial charge is 0.323 e. The Labute approximate surface area is 236 Å². The van der Waals surface area contributed by atoms with Crippen LogP contribution in [-0.2, 0) is 30.6 Å². The largest absolute Gasteiger partial charge is 0.468 e. The van der Waals surface area contributed by atoms with Gasteiger partial charge in [-0.3, -0.25) is 9.36 Å². The van der Waals surface area contributed by atoms with Gasteiger partial charge >= 0.3 is 12.6 Å². The van der Waals surface area contributed by atoms with E-state index in [1.807, 2.05) is 5.92 Å². The van der Waals surface area contributed by atoms with Gasteiger partial charge in [-0.25, -0.2) is 24.4 Å². The summed E-state index contributed by atoms with van der Waals surface area (Å²) in [5, 5.41) is 13.8. The van der Waals surface area contributed by atoms with Crippen LogP contribution in [0, 0.1) is 19.3 Å². The quantitative estimate of drug-likeness (QED) is 0.203. The number of carbonyl (C=O) groups is 1. The van der Waals surface area contributed by atoms with E-state index in [9.17, 15) is 9.90 Å². The number of nitrogens with zero attached hydrogens (tertiary/aromatic N) is 5. The minimum atomic E-state index is -3.46. The SMILES string of the molecule is C#C[C@@]1(F)[C@H](O)[C@@H](CO[P@@](=S)(N[C@H](C)C(=O)OC)Oc2ccccc2)O[C@H]1n1cnc2c(N(C)C)nc(C)nc21. The van der Waals surface area contributed by atoms with E-state index in [1.165, 1.54) is 24.9 Å². The molecule has 0 bridgehead atoms. The number of hydrogen-bond donors (Lipinski definition) is 2. The highest BCUT2D eigenvalue weighted by atomic mass is 32.5. The third-order valence-corrected chi connectivity index (χ3v) is 8.64. The highest BCUT2D eigenvalue weighted by Gasteiger charge is 2.58. The molecule has 1 aromatic carbocycles. The number of fused-ring (bicyclic) bond motifs is 1. The van der Waals surface area contributed by atoms with Gasteiger partial charge in [0, 0.05) is 14.1 Å². The van der Waals surface area contributed by atoms with Crippen LogP contribution in [-0.4, -0.2) is 82.3 Å². The maximum absolute atomic E-state index is 16.2. The molecule has 0 unspecified atom stereocenters. The average Bonchev–Trinajstić information content (AvgIpc) is 3.45. The summed E-state index contributed by atoms with van der Waals surface area (Å²) in [6, 6.07) is 7.69. The Morgan fingerprint density at radius 3 is 2.73 bits per heavy atom. The summed E-state index contributed by atoms with van der Waals surface area (Å²) in [6.45, 7) is -0.661. The molecule has 1 aliphatic heterocycles. The van der Waals surface area contributed by atoms with Gasteiger partial charge in [0.05, 0.1) is 20.0 Å². The zero-order chi connectivity index (χ0) is 29.2. The fourth-order valence-corrected chi connectivity index (χ4v) is 6.57. The predicted molar refractivity (Wildman–Crippen MR) is 149 cm³/mol. The Morgan fingerprint density at radius 1 is 1.40 bits per heavy atom. The van der Waals surface area contributed by atoms with Crippen LogP contribution in [0.3, 0.4) is 0 Å². The molecule has 4 rings (SSSR count). The second kappa shape index (κ2) is 11.7. The van der Waals surface area contributed by atoms with Crippen molar-refractivity contribution < 1.29 is 32.8 Å². The molecule has 3 heterocycles. The van der Waals surface area contributed by atoms with Crippen LogP contribution in [0.1, 0.15) is 19.0 Å². The summed E-state index contributed by atoms with van der Waals surface area (Å²) in [7, 11) is 4.82. The lowest BCUT2D eigenvalue weighted by atomic mass is 9.97. The normalized spacial score (nSPS) is 24.7. The van der Waals surface area contributed by atoms with Gasteiger partial charge < -0.3 is 28.5 Å². The maximum Gasteiger partial charge on any atom is 0.323 e. The first kappa shape index (κ1) is 29.8. The first-order valence-electron chi connectivity index (χ1n) is 12.2. The molecule has 1 aliphatic rings. The molecule has 1 fully saturated rings. The van der Waals surface area contributed by atoms with Gasteiger partial charge in [0.1, 0.15) is 29.8 Å². The highest BCUT2D eigenvalue weighted by Crippen LogP contribution is 2.48. The summed E-state index contributed by atoms with van der Waals surface area (Å²) < 4.78 is 40.1. The van der Waals surface area contributed by atoms with Crippen LogP contribution in [0.4, 0.5) is 10.2 Å². The number of aryl methyl sites for hydroxylation is 1.